The molecule has 1 unspecified atom stereocenters. The number of benzene rings is 1. The summed E-state index contributed by atoms with van der Waals surface area (Å²) in [5, 5.41) is 6.67. The van der Waals surface area contributed by atoms with E-state index < -0.39 is 0 Å². The van der Waals surface area contributed by atoms with E-state index in [1.54, 1.807) is 18.2 Å². The molecule has 0 aromatic heterocycles. The maximum Gasteiger partial charge on any atom is 0.256 e. The summed E-state index contributed by atoms with van der Waals surface area (Å²) in [6.07, 6.45) is 3.93. The summed E-state index contributed by atoms with van der Waals surface area (Å²) in [7, 11) is 0. The van der Waals surface area contributed by atoms with Gasteiger partial charge in [0.05, 0.1) is 17.2 Å². The summed E-state index contributed by atoms with van der Waals surface area (Å²) in [6.45, 7) is 3.19. The first-order valence-electron chi connectivity index (χ1n) is 8.25. The zero-order valence-electron chi connectivity index (χ0n) is 13.5. The van der Waals surface area contributed by atoms with Crippen LogP contribution in [0, 0.1) is 5.92 Å². The number of piperidine rings is 1. The van der Waals surface area contributed by atoms with E-state index in [2.05, 4.69) is 10.6 Å². The van der Waals surface area contributed by atoms with Crippen LogP contribution in [0.1, 0.15) is 36.0 Å². The summed E-state index contributed by atoms with van der Waals surface area (Å²) in [5.74, 6) is -0.133. The molecule has 2 saturated heterocycles. The Balaban J connectivity index is 0.00000208. The lowest BCUT2D eigenvalue weighted by Crippen LogP contribution is -2.37. The van der Waals surface area contributed by atoms with Crippen molar-refractivity contribution in [1.82, 2.24) is 10.2 Å². The molecule has 2 N–H and O–H groups in total. The topological polar surface area (TPSA) is 61.4 Å². The number of nitrogens with one attached hydrogen (secondary N) is 2. The van der Waals surface area contributed by atoms with Crippen molar-refractivity contribution in [2.24, 2.45) is 5.92 Å². The molecule has 24 heavy (non-hydrogen) atoms. The van der Waals surface area contributed by atoms with Crippen molar-refractivity contribution in [3.8, 4) is 0 Å². The Morgan fingerprint density at radius 2 is 1.96 bits per heavy atom. The van der Waals surface area contributed by atoms with Crippen molar-refractivity contribution >= 4 is 41.5 Å². The van der Waals surface area contributed by atoms with E-state index in [0.29, 0.717) is 22.8 Å². The summed E-state index contributed by atoms with van der Waals surface area (Å²) in [5.41, 5.74) is 1.04. The fourth-order valence-corrected chi connectivity index (χ4v) is 3.38. The van der Waals surface area contributed by atoms with Crippen LogP contribution in [-0.4, -0.2) is 42.9 Å². The van der Waals surface area contributed by atoms with Crippen molar-refractivity contribution in [1.29, 1.82) is 0 Å². The molecule has 2 aliphatic heterocycles. The molecule has 0 aliphatic carbocycles. The van der Waals surface area contributed by atoms with Crippen molar-refractivity contribution in [3.63, 3.8) is 0 Å². The number of hydrogen-bond donors (Lipinski definition) is 2. The van der Waals surface area contributed by atoms with E-state index >= 15 is 0 Å². The smallest absolute Gasteiger partial charge is 0.256 e. The Morgan fingerprint density at radius 3 is 2.62 bits per heavy atom. The van der Waals surface area contributed by atoms with Gasteiger partial charge in [-0.15, -0.1) is 12.4 Å². The Labute approximate surface area is 153 Å². The van der Waals surface area contributed by atoms with Gasteiger partial charge in [0.2, 0.25) is 5.91 Å². The second-order valence-electron chi connectivity index (χ2n) is 6.22. The number of likely N-dealkylation sites (tertiary alicyclic amines) is 1. The third-order valence-corrected chi connectivity index (χ3v) is 4.77. The lowest BCUT2D eigenvalue weighted by molar-refractivity contribution is -0.120. The average Bonchev–Trinajstić information content (AvgIpc) is 3.11. The van der Waals surface area contributed by atoms with Gasteiger partial charge >= 0.3 is 0 Å². The lowest BCUT2D eigenvalue weighted by Gasteiger charge is -2.23. The Hall–Kier alpha value is -1.30. The van der Waals surface area contributed by atoms with Gasteiger partial charge in [0.1, 0.15) is 0 Å². The molecule has 0 radical (unpaired) electrons. The molecule has 7 heteroatoms. The van der Waals surface area contributed by atoms with Crippen LogP contribution >= 0.6 is 24.0 Å². The van der Waals surface area contributed by atoms with Gasteiger partial charge in [-0.3, -0.25) is 9.59 Å². The highest BCUT2D eigenvalue weighted by molar-refractivity contribution is 6.31. The zero-order valence-corrected chi connectivity index (χ0v) is 15.1. The van der Waals surface area contributed by atoms with Crippen LogP contribution in [0.5, 0.6) is 0 Å². The number of anilines is 1. The first-order chi connectivity index (χ1) is 11.1. The van der Waals surface area contributed by atoms with Gasteiger partial charge in [0.15, 0.2) is 0 Å². The van der Waals surface area contributed by atoms with Crippen LogP contribution in [0.3, 0.4) is 0 Å². The number of carbonyl (C=O) groups excluding carboxylic acids is 2. The fourth-order valence-electron chi connectivity index (χ4n) is 3.20. The maximum absolute atomic E-state index is 12.7. The SMILES string of the molecule is Cl.O=C(Nc1ccc(Cl)cc1C(=O)N1CCCC1)C1CCCNC1. The minimum Gasteiger partial charge on any atom is -0.339 e. The van der Waals surface area contributed by atoms with E-state index in [-0.39, 0.29) is 30.1 Å². The van der Waals surface area contributed by atoms with Crippen molar-refractivity contribution in [2.45, 2.75) is 25.7 Å². The molecule has 2 amide bonds. The molecule has 0 saturated carbocycles. The highest BCUT2D eigenvalue weighted by Crippen LogP contribution is 2.25. The van der Waals surface area contributed by atoms with Gasteiger partial charge in [0.25, 0.3) is 5.91 Å². The monoisotopic (exact) mass is 371 g/mol. The van der Waals surface area contributed by atoms with Crippen LogP contribution in [0.4, 0.5) is 5.69 Å². The number of rotatable bonds is 3. The lowest BCUT2D eigenvalue weighted by atomic mass is 9.98. The summed E-state index contributed by atoms with van der Waals surface area (Å²) in [6, 6.07) is 5.08. The van der Waals surface area contributed by atoms with Crippen LogP contribution in [0.2, 0.25) is 5.02 Å². The Bertz CT molecular complexity index is 597. The minimum absolute atomic E-state index is 0. The molecule has 2 aliphatic rings. The minimum atomic E-state index is -0.0536. The van der Waals surface area contributed by atoms with Crippen molar-refractivity contribution < 1.29 is 9.59 Å². The van der Waals surface area contributed by atoms with Gasteiger partial charge in [-0.05, 0) is 50.4 Å². The number of nitrogens with zero attached hydrogens (tertiary/aromatic N) is 1. The summed E-state index contributed by atoms with van der Waals surface area (Å²) < 4.78 is 0. The van der Waals surface area contributed by atoms with Crippen LogP contribution in [0.25, 0.3) is 0 Å². The van der Waals surface area contributed by atoms with Crippen LogP contribution < -0.4 is 10.6 Å². The van der Waals surface area contributed by atoms with Crippen molar-refractivity contribution in [2.75, 3.05) is 31.5 Å². The van der Waals surface area contributed by atoms with E-state index in [4.69, 9.17) is 11.6 Å². The standard InChI is InChI=1S/C17H22ClN3O2.ClH/c18-13-5-6-15(20-16(22)12-4-3-7-19-11-12)14(10-13)17(23)21-8-1-2-9-21;/h5-6,10,12,19H,1-4,7-9,11H2,(H,20,22);1H. The molecule has 2 heterocycles. The average molecular weight is 372 g/mol. The van der Waals surface area contributed by atoms with Gasteiger partial charge in [0, 0.05) is 24.7 Å². The summed E-state index contributed by atoms with van der Waals surface area (Å²) >= 11 is 6.06. The number of amides is 2. The molecule has 1 aromatic rings. The van der Waals surface area contributed by atoms with Crippen molar-refractivity contribution in [3.05, 3.63) is 28.8 Å². The second-order valence-corrected chi connectivity index (χ2v) is 6.66. The highest BCUT2D eigenvalue weighted by atomic mass is 35.5. The molecule has 1 atom stereocenters. The predicted octanol–water partition coefficient (Wildman–Crippen LogP) is 2.94. The molecule has 2 fully saturated rings. The van der Waals surface area contributed by atoms with Gasteiger partial charge in [-0.1, -0.05) is 11.6 Å². The molecule has 132 valence electrons. The fraction of sp³-hybridized carbons (Fsp3) is 0.529. The van der Waals surface area contributed by atoms with E-state index in [1.165, 1.54) is 0 Å². The van der Waals surface area contributed by atoms with E-state index in [9.17, 15) is 9.59 Å². The zero-order chi connectivity index (χ0) is 16.2. The van der Waals surface area contributed by atoms with Crippen LogP contribution in [0.15, 0.2) is 18.2 Å². The largest absolute Gasteiger partial charge is 0.339 e. The third kappa shape index (κ3) is 4.41. The molecular formula is C17H23Cl2N3O2. The van der Waals surface area contributed by atoms with E-state index in [0.717, 1.165) is 45.3 Å². The summed E-state index contributed by atoms with van der Waals surface area (Å²) in [4.78, 5) is 26.9. The predicted molar refractivity (Wildman–Crippen MR) is 98.1 cm³/mol. The highest BCUT2D eigenvalue weighted by Gasteiger charge is 2.25. The quantitative estimate of drug-likeness (QED) is 0.858. The Morgan fingerprint density at radius 1 is 1.21 bits per heavy atom. The number of hydrogen-bond acceptors (Lipinski definition) is 3. The first-order valence-corrected chi connectivity index (χ1v) is 8.63. The molecule has 5 nitrogen and oxygen atoms in total. The van der Waals surface area contributed by atoms with Gasteiger partial charge < -0.3 is 15.5 Å². The second kappa shape index (κ2) is 8.70. The van der Waals surface area contributed by atoms with Crippen LogP contribution in [-0.2, 0) is 4.79 Å². The van der Waals surface area contributed by atoms with E-state index in [1.807, 2.05) is 4.90 Å². The molecule has 0 bridgehead atoms. The molecule has 3 rings (SSSR count). The number of carbonyl (C=O) groups is 2. The van der Waals surface area contributed by atoms with Gasteiger partial charge in [-0.25, -0.2) is 0 Å². The Kier molecular flexibility index (Phi) is 6.90. The molecular weight excluding hydrogens is 349 g/mol. The van der Waals surface area contributed by atoms with Gasteiger partial charge in [-0.2, -0.15) is 0 Å². The number of halogens is 2. The molecule has 0 spiro atoms. The first kappa shape index (κ1) is 19.0. The normalized spacial score (nSPS) is 20.4. The molecule has 1 aromatic carbocycles. The maximum atomic E-state index is 12.7. The third-order valence-electron chi connectivity index (χ3n) is 4.53.